The van der Waals surface area contributed by atoms with E-state index in [0.29, 0.717) is 23.3 Å². The molecule has 2 atom stereocenters. The molecule has 1 aromatic rings. The molecule has 2 fully saturated rings. The van der Waals surface area contributed by atoms with Crippen LogP contribution in [0, 0.1) is 0 Å². The number of ketones is 1. The first-order chi connectivity index (χ1) is 10.1. The number of Topliss-reactive ketones (excluding diaryl/α,β-unsaturated/α-hetero) is 1. The second-order valence-electron chi connectivity index (χ2n) is 6.30. The van der Waals surface area contributed by atoms with Gasteiger partial charge in [-0.2, -0.15) is 0 Å². The Balaban J connectivity index is 1.62. The van der Waals surface area contributed by atoms with Crippen molar-refractivity contribution < 1.29 is 9.59 Å². The van der Waals surface area contributed by atoms with Crippen LogP contribution in [0.2, 0.25) is 0 Å². The molecule has 21 heavy (non-hydrogen) atoms. The number of nitrogens with zero attached hydrogens (tertiary/aromatic N) is 2. The van der Waals surface area contributed by atoms with Crippen LogP contribution in [-0.4, -0.2) is 48.8 Å². The van der Waals surface area contributed by atoms with Gasteiger partial charge >= 0.3 is 0 Å². The van der Waals surface area contributed by atoms with Gasteiger partial charge in [-0.05, 0) is 44.5 Å². The van der Waals surface area contributed by atoms with Gasteiger partial charge in [-0.15, -0.1) is 0 Å². The number of benzene rings is 1. The van der Waals surface area contributed by atoms with Gasteiger partial charge in [-0.1, -0.05) is 0 Å². The standard InChI is InChI=1S/C16H19N3O2/c1-18-10-2-3-12(18)9-19(7-6-10)11-4-5-13-14(8-11)17-16(21)15(13)20/h4-5,8,10,12H,2-3,6-7,9H2,1H3,(H,17,20,21). The lowest BCUT2D eigenvalue weighted by molar-refractivity contribution is -0.112. The Morgan fingerprint density at radius 2 is 1.95 bits per heavy atom. The number of carbonyl (C=O) groups excluding carboxylic acids is 2. The number of hydrogen-bond acceptors (Lipinski definition) is 4. The van der Waals surface area contributed by atoms with E-state index in [0.717, 1.165) is 18.8 Å². The van der Waals surface area contributed by atoms with Crippen molar-refractivity contribution in [1.29, 1.82) is 0 Å². The van der Waals surface area contributed by atoms with E-state index in [1.807, 2.05) is 12.1 Å². The van der Waals surface area contributed by atoms with Crippen molar-refractivity contribution in [1.82, 2.24) is 4.90 Å². The summed E-state index contributed by atoms with van der Waals surface area (Å²) < 4.78 is 0. The second kappa shape index (κ2) is 4.56. The van der Waals surface area contributed by atoms with Gasteiger partial charge in [-0.25, -0.2) is 0 Å². The van der Waals surface area contributed by atoms with Crippen molar-refractivity contribution in [3.63, 3.8) is 0 Å². The molecule has 3 aliphatic rings. The third-order valence-electron chi connectivity index (χ3n) is 5.22. The Bertz CT molecular complexity index is 628. The largest absolute Gasteiger partial charge is 0.370 e. The van der Waals surface area contributed by atoms with Gasteiger partial charge in [0.15, 0.2) is 0 Å². The number of rotatable bonds is 1. The maximum atomic E-state index is 11.7. The van der Waals surface area contributed by atoms with Gasteiger partial charge < -0.3 is 10.2 Å². The Morgan fingerprint density at radius 1 is 1.14 bits per heavy atom. The van der Waals surface area contributed by atoms with Crippen LogP contribution >= 0.6 is 0 Å². The molecule has 3 heterocycles. The van der Waals surface area contributed by atoms with Gasteiger partial charge in [0.2, 0.25) is 0 Å². The maximum absolute atomic E-state index is 11.7. The Labute approximate surface area is 123 Å². The van der Waals surface area contributed by atoms with Crippen LogP contribution in [0.3, 0.4) is 0 Å². The lowest BCUT2D eigenvalue weighted by Gasteiger charge is -2.27. The lowest BCUT2D eigenvalue weighted by atomic mass is 10.1. The molecular formula is C16H19N3O2. The van der Waals surface area contributed by atoms with E-state index in [4.69, 9.17) is 0 Å². The summed E-state index contributed by atoms with van der Waals surface area (Å²) in [6, 6.07) is 7.00. The highest BCUT2D eigenvalue weighted by molar-refractivity contribution is 6.51. The number of nitrogens with one attached hydrogen (secondary N) is 1. The average molecular weight is 285 g/mol. The highest BCUT2D eigenvalue weighted by Gasteiger charge is 2.35. The van der Waals surface area contributed by atoms with Gasteiger partial charge in [0.25, 0.3) is 11.7 Å². The summed E-state index contributed by atoms with van der Waals surface area (Å²) in [7, 11) is 2.23. The van der Waals surface area contributed by atoms with Gasteiger partial charge in [0, 0.05) is 30.9 Å². The normalized spacial score (nSPS) is 28.5. The SMILES string of the molecule is CN1C2CCC1CN(c1ccc3c(c1)NC(=O)C3=O)CC2. The Hall–Kier alpha value is -1.88. The number of amides is 1. The van der Waals surface area contributed by atoms with E-state index in [1.54, 1.807) is 6.07 Å². The summed E-state index contributed by atoms with van der Waals surface area (Å²) in [4.78, 5) is 28.0. The van der Waals surface area contributed by atoms with E-state index in [9.17, 15) is 9.59 Å². The Kier molecular flexibility index (Phi) is 2.79. The molecular weight excluding hydrogens is 266 g/mol. The molecule has 1 amide bonds. The molecule has 2 unspecified atom stereocenters. The molecule has 0 radical (unpaired) electrons. The summed E-state index contributed by atoms with van der Waals surface area (Å²) in [5, 5.41) is 2.66. The predicted molar refractivity (Wildman–Crippen MR) is 80.8 cm³/mol. The summed E-state index contributed by atoms with van der Waals surface area (Å²) in [6.45, 7) is 2.06. The van der Waals surface area contributed by atoms with Crippen molar-refractivity contribution in [3.05, 3.63) is 23.8 Å². The topological polar surface area (TPSA) is 52.6 Å². The van der Waals surface area contributed by atoms with Crippen LogP contribution in [0.5, 0.6) is 0 Å². The first-order valence-corrected chi connectivity index (χ1v) is 7.60. The second-order valence-corrected chi connectivity index (χ2v) is 6.30. The maximum Gasteiger partial charge on any atom is 0.296 e. The van der Waals surface area contributed by atoms with Crippen molar-refractivity contribution in [2.75, 3.05) is 30.4 Å². The predicted octanol–water partition coefficient (Wildman–Crippen LogP) is 1.49. The molecule has 0 spiro atoms. The third kappa shape index (κ3) is 1.95. The van der Waals surface area contributed by atoms with Crippen molar-refractivity contribution in [2.45, 2.75) is 31.3 Å². The number of hydrogen-bond donors (Lipinski definition) is 1. The summed E-state index contributed by atoms with van der Waals surface area (Å²) in [5.41, 5.74) is 2.26. The molecule has 3 aliphatic heterocycles. The van der Waals surface area contributed by atoms with Crippen molar-refractivity contribution in [3.8, 4) is 0 Å². The van der Waals surface area contributed by atoms with Crippen LogP contribution in [0.15, 0.2) is 18.2 Å². The van der Waals surface area contributed by atoms with E-state index in [1.165, 1.54) is 19.3 Å². The number of anilines is 2. The first-order valence-electron chi connectivity index (χ1n) is 7.60. The minimum Gasteiger partial charge on any atom is -0.370 e. The molecule has 1 N–H and O–H groups in total. The van der Waals surface area contributed by atoms with E-state index >= 15 is 0 Å². The minimum atomic E-state index is -0.517. The molecule has 5 nitrogen and oxygen atoms in total. The minimum absolute atomic E-state index is 0.425. The monoisotopic (exact) mass is 285 g/mol. The molecule has 110 valence electrons. The van der Waals surface area contributed by atoms with Gasteiger partial charge in [0.05, 0.1) is 11.3 Å². The molecule has 0 saturated carbocycles. The van der Waals surface area contributed by atoms with Crippen LogP contribution in [-0.2, 0) is 4.79 Å². The molecule has 5 heteroatoms. The zero-order chi connectivity index (χ0) is 14.6. The number of fused-ring (bicyclic) bond motifs is 3. The van der Waals surface area contributed by atoms with Gasteiger partial charge in [0.1, 0.15) is 0 Å². The fourth-order valence-electron chi connectivity index (χ4n) is 3.88. The summed E-state index contributed by atoms with van der Waals surface area (Å²) in [6.07, 6.45) is 3.75. The van der Waals surface area contributed by atoms with Crippen LogP contribution in [0.4, 0.5) is 11.4 Å². The lowest BCUT2D eigenvalue weighted by Crippen LogP contribution is -2.36. The highest BCUT2D eigenvalue weighted by Crippen LogP contribution is 2.33. The van der Waals surface area contributed by atoms with E-state index < -0.39 is 11.7 Å². The van der Waals surface area contributed by atoms with E-state index in [2.05, 4.69) is 22.2 Å². The molecule has 1 aromatic carbocycles. The van der Waals surface area contributed by atoms with Crippen molar-refractivity contribution >= 4 is 23.1 Å². The van der Waals surface area contributed by atoms with E-state index in [-0.39, 0.29) is 0 Å². The number of likely N-dealkylation sites (N-methyl/N-ethyl adjacent to an activating group) is 1. The molecule has 0 aromatic heterocycles. The Morgan fingerprint density at radius 3 is 2.81 bits per heavy atom. The zero-order valence-electron chi connectivity index (χ0n) is 12.1. The quantitative estimate of drug-likeness (QED) is 0.794. The van der Waals surface area contributed by atoms with Gasteiger partial charge in [-0.3, -0.25) is 14.5 Å². The first kappa shape index (κ1) is 12.8. The summed E-state index contributed by atoms with van der Waals surface area (Å²) in [5.74, 6) is -0.942. The molecule has 2 saturated heterocycles. The zero-order valence-corrected chi connectivity index (χ0v) is 12.1. The molecule has 0 aliphatic carbocycles. The van der Waals surface area contributed by atoms with Crippen molar-refractivity contribution in [2.24, 2.45) is 0 Å². The summed E-state index contributed by atoms with van der Waals surface area (Å²) >= 11 is 0. The third-order valence-corrected chi connectivity index (χ3v) is 5.22. The van der Waals surface area contributed by atoms with Crippen LogP contribution < -0.4 is 10.2 Å². The smallest absolute Gasteiger partial charge is 0.296 e. The molecule has 2 bridgehead atoms. The fourth-order valence-corrected chi connectivity index (χ4v) is 3.88. The molecule has 4 rings (SSSR count). The van der Waals surface area contributed by atoms with Crippen LogP contribution in [0.1, 0.15) is 29.6 Å². The number of carbonyl (C=O) groups is 2. The highest BCUT2D eigenvalue weighted by atomic mass is 16.2. The van der Waals surface area contributed by atoms with Crippen LogP contribution in [0.25, 0.3) is 0 Å². The average Bonchev–Trinajstić information content (AvgIpc) is 2.87. The fraction of sp³-hybridized carbons (Fsp3) is 0.500.